The lowest BCUT2D eigenvalue weighted by atomic mass is 9.69. The molecule has 4 rings (SSSR count). The summed E-state index contributed by atoms with van der Waals surface area (Å²) in [6.45, 7) is 6.03. The van der Waals surface area contributed by atoms with E-state index < -0.39 is 10.0 Å². The molecule has 0 aromatic heterocycles. The number of amides is 1. The minimum absolute atomic E-state index is 0.0501. The molecule has 5 nitrogen and oxygen atoms in total. The van der Waals surface area contributed by atoms with Crippen molar-refractivity contribution < 1.29 is 13.2 Å². The summed E-state index contributed by atoms with van der Waals surface area (Å²) in [5.74, 6) is 0.0501. The highest BCUT2D eigenvalue weighted by Gasteiger charge is 2.48. The van der Waals surface area contributed by atoms with Gasteiger partial charge < -0.3 is 4.90 Å². The van der Waals surface area contributed by atoms with Gasteiger partial charge in [0, 0.05) is 37.2 Å². The second kappa shape index (κ2) is 5.95. The average molecular weight is 360 g/mol. The first-order valence-corrected chi connectivity index (χ1v) is 10.5. The van der Waals surface area contributed by atoms with Gasteiger partial charge in [-0.15, -0.1) is 6.58 Å². The third-order valence-corrected chi connectivity index (χ3v) is 8.24. The normalized spacial score (nSPS) is 23.5. The van der Waals surface area contributed by atoms with Gasteiger partial charge in [-0.2, -0.15) is 0 Å². The summed E-state index contributed by atoms with van der Waals surface area (Å²) >= 11 is 0. The lowest BCUT2D eigenvalue weighted by Gasteiger charge is -2.48. The molecule has 6 heteroatoms. The van der Waals surface area contributed by atoms with Crippen LogP contribution < -0.4 is 0 Å². The minimum Gasteiger partial charge on any atom is -0.334 e. The van der Waals surface area contributed by atoms with E-state index in [2.05, 4.69) is 6.58 Å². The second-order valence-corrected chi connectivity index (χ2v) is 9.66. The summed E-state index contributed by atoms with van der Waals surface area (Å²) in [5.41, 5.74) is 1.70. The smallest absolute Gasteiger partial charge is 0.254 e. The second-order valence-electron chi connectivity index (χ2n) is 7.44. The van der Waals surface area contributed by atoms with Crippen molar-refractivity contribution >= 4 is 15.9 Å². The number of hydrogen-bond donors (Lipinski definition) is 0. The van der Waals surface area contributed by atoms with Gasteiger partial charge in [0.25, 0.3) is 5.91 Å². The molecule has 1 aliphatic carbocycles. The van der Waals surface area contributed by atoms with Gasteiger partial charge in [0.1, 0.15) is 0 Å². The van der Waals surface area contributed by atoms with Gasteiger partial charge in [-0.05, 0) is 37.3 Å². The minimum atomic E-state index is -3.12. The van der Waals surface area contributed by atoms with E-state index in [1.54, 1.807) is 10.4 Å². The van der Waals surface area contributed by atoms with Gasteiger partial charge in [-0.25, -0.2) is 12.7 Å². The molecule has 1 spiro atoms. The topological polar surface area (TPSA) is 57.7 Å². The Morgan fingerprint density at radius 3 is 2.52 bits per heavy atom. The standard InChI is InChI=1S/C19H24N2O3S/c1-2-11-20-14-19(17-6-4-3-5-16(17)18(20)22)9-12-21(13-10-19)25(23,24)15-7-8-15/h2-6,15H,1,7-14H2. The fourth-order valence-corrected chi connectivity index (χ4v) is 6.15. The van der Waals surface area contributed by atoms with Gasteiger partial charge in [0.05, 0.1) is 5.25 Å². The summed E-state index contributed by atoms with van der Waals surface area (Å²) < 4.78 is 26.7. The molecule has 2 heterocycles. The lowest BCUT2D eigenvalue weighted by molar-refractivity contribution is 0.0647. The number of piperidine rings is 1. The SMILES string of the molecule is C=CCN1CC2(CCN(S(=O)(=O)C3CC3)CC2)c2ccccc2C1=O. The Kier molecular flexibility index (Phi) is 4.00. The molecule has 0 radical (unpaired) electrons. The fourth-order valence-electron chi connectivity index (χ4n) is 4.30. The summed E-state index contributed by atoms with van der Waals surface area (Å²) in [6.07, 6.45) is 4.88. The quantitative estimate of drug-likeness (QED) is 0.773. The molecule has 25 heavy (non-hydrogen) atoms. The van der Waals surface area contributed by atoms with E-state index >= 15 is 0 Å². The van der Waals surface area contributed by atoms with Crippen molar-refractivity contribution in [3.05, 3.63) is 48.0 Å². The predicted octanol–water partition coefficient (Wildman–Crippen LogP) is 2.15. The maximum absolute atomic E-state index is 12.7. The van der Waals surface area contributed by atoms with Crippen molar-refractivity contribution in [3.8, 4) is 0 Å². The van der Waals surface area contributed by atoms with E-state index in [1.807, 2.05) is 29.2 Å². The van der Waals surface area contributed by atoms with Crippen LogP contribution in [0.4, 0.5) is 0 Å². The van der Waals surface area contributed by atoms with Crippen molar-refractivity contribution in [2.45, 2.75) is 36.3 Å². The molecular formula is C19H24N2O3S. The maximum Gasteiger partial charge on any atom is 0.254 e. The van der Waals surface area contributed by atoms with Crippen molar-refractivity contribution in [2.75, 3.05) is 26.2 Å². The fraction of sp³-hybridized carbons (Fsp3) is 0.526. The van der Waals surface area contributed by atoms with E-state index in [9.17, 15) is 13.2 Å². The molecular weight excluding hydrogens is 336 g/mol. The molecule has 1 saturated heterocycles. The summed E-state index contributed by atoms with van der Waals surface area (Å²) in [4.78, 5) is 14.6. The van der Waals surface area contributed by atoms with Crippen LogP contribution in [0.3, 0.4) is 0 Å². The average Bonchev–Trinajstić information content (AvgIpc) is 3.46. The summed E-state index contributed by atoms with van der Waals surface area (Å²) in [6, 6.07) is 7.81. The van der Waals surface area contributed by atoms with Crippen LogP contribution in [0.5, 0.6) is 0 Å². The number of benzene rings is 1. The zero-order valence-electron chi connectivity index (χ0n) is 14.4. The number of hydrogen-bond acceptors (Lipinski definition) is 3. The van der Waals surface area contributed by atoms with Crippen LogP contribution in [-0.2, 0) is 15.4 Å². The molecule has 1 aromatic carbocycles. The van der Waals surface area contributed by atoms with Gasteiger partial charge in [0.15, 0.2) is 0 Å². The molecule has 1 saturated carbocycles. The molecule has 134 valence electrons. The molecule has 0 bridgehead atoms. The third kappa shape index (κ3) is 2.72. The van der Waals surface area contributed by atoms with Crippen molar-refractivity contribution in [1.82, 2.24) is 9.21 Å². The molecule has 0 atom stereocenters. The monoisotopic (exact) mass is 360 g/mol. The zero-order chi connectivity index (χ0) is 17.7. The number of carbonyl (C=O) groups is 1. The van der Waals surface area contributed by atoms with Gasteiger partial charge in [-0.3, -0.25) is 4.79 Å². The van der Waals surface area contributed by atoms with Crippen LogP contribution in [0.1, 0.15) is 41.6 Å². The lowest BCUT2D eigenvalue weighted by Crippen LogP contribution is -2.55. The Balaban J connectivity index is 1.64. The largest absolute Gasteiger partial charge is 0.334 e. The zero-order valence-corrected chi connectivity index (χ0v) is 15.2. The Hall–Kier alpha value is -1.66. The van der Waals surface area contributed by atoms with Crippen molar-refractivity contribution in [3.63, 3.8) is 0 Å². The highest BCUT2D eigenvalue weighted by molar-refractivity contribution is 7.90. The Morgan fingerprint density at radius 1 is 1.20 bits per heavy atom. The van der Waals surface area contributed by atoms with Crippen LogP contribution in [0.2, 0.25) is 0 Å². The van der Waals surface area contributed by atoms with Crippen LogP contribution in [-0.4, -0.2) is 55.0 Å². The Morgan fingerprint density at radius 2 is 1.88 bits per heavy atom. The molecule has 2 fully saturated rings. The van der Waals surface area contributed by atoms with Gasteiger partial charge in [0.2, 0.25) is 10.0 Å². The highest BCUT2D eigenvalue weighted by Crippen LogP contribution is 2.43. The first-order chi connectivity index (χ1) is 12.0. The van der Waals surface area contributed by atoms with Crippen LogP contribution in [0.15, 0.2) is 36.9 Å². The van der Waals surface area contributed by atoms with E-state index in [0.29, 0.717) is 26.2 Å². The third-order valence-electron chi connectivity index (χ3n) is 5.84. The molecule has 3 aliphatic rings. The first kappa shape index (κ1) is 16.8. The number of carbonyl (C=O) groups excluding carboxylic acids is 1. The van der Waals surface area contributed by atoms with Crippen molar-refractivity contribution in [2.24, 2.45) is 0 Å². The highest BCUT2D eigenvalue weighted by atomic mass is 32.2. The van der Waals surface area contributed by atoms with Crippen LogP contribution >= 0.6 is 0 Å². The number of fused-ring (bicyclic) bond motifs is 2. The molecule has 2 aliphatic heterocycles. The molecule has 0 N–H and O–H groups in total. The van der Waals surface area contributed by atoms with Crippen LogP contribution in [0, 0.1) is 0 Å². The van der Waals surface area contributed by atoms with Crippen molar-refractivity contribution in [1.29, 1.82) is 0 Å². The van der Waals surface area contributed by atoms with Gasteiger partial charge >= 0.3 is 0 Å². The van der Waals surface area contributed by atoms with E-state index in [-0.39, 0.29) is 16.6 Å². The van der Waals surface area contributed by atoms with Crippen LogP contribution in [0.25, 0.3) is 0 Å². The number of rotatable bonds is 4. The summed E-state index contributed by atoms with van der Waals surface area (Å²) in [5, 5.41) is -0.154. The summed E-state index contributed by atoms with van der Waals surface area (Å²) in [7, 11) is -3.12. The molecule has 0 unspecified atom stereocenters. The van der Waals surface area contributed by atoms with Gasteiger partial charge in [-0.1, -0.05) is 24.3 Å². The molecule has 1 amide bonds. The van der Waals surface area contributed by atoms with E-state index in [1.165, 1.54) is 0 Å². The van der Waals surface area contributed by atoms with E-state index in [0.717, 1.165) is 36.8 Å². The predicted molar refractivity (Wildman–Crippen MR) is 97.0 cm³/mol. The maximum atomic E-state index is 12.7. The Bertz CT molecular complexity index is 806. The molecule has 1 aromatic rings. The first-order valence-electron chi connectivity index (χ1n) is 8.97. The van der Waals surface area contributed by atoms with E-state index in [4.69, 9.17) is 0 Å². The number of sulfonamides is 1. The number of nitrogens with zero attached hydrogens (tertiary/aromatic N) is 2. The Labute approximate surface area is 149 Å².